The molecule has 8 heavy (non-hydrogen) atoms. The molecule has 0 fully saturated rings. The Kier molecular flexibility index (Phi) is 22.3. The SMILES string of the molecule is F.O.O=P([O-])(O)O.[Li+]. The van der Waals surface area contributed by atoms with Crippen molar-refractivity contribution in [1.29, 1.82) is 0 Å². The van der Waals surface area contributed by atoms with Gasteiger partial charge in [-0.15, -0.1) is 0 Å². The molecule has 0 radical (unpaired) electrons. The Morgan fingerprint density at radius 3 is 1.38 bits per heavy atom. The van der Waals surface area contributed by atoms with Crippen LogP contribution in [-0.2, 0) is 4.57 Å². The number of halogens is 1. The molecular weight excluding hydrogens is 137 g/mol. The van der Waals surface area contributed by atoms with Crippen LogP contribution in [0.3, 0.4) is 0 Å². The molecule has 0 bridgehead atoms. The van der Waals surface area contributed by atoms with Gasteiger partial charge in [-0.1, -0.05) is 0 Å². The Hall–Kier alpha value is 0.597. The molecule has 8 heteroatoms. The predicted molar refractivity (Wildman–Crippen MR) is 18.2 cm³/mol. The van der Waals surface area contributed by atoms with Crippen LogP contribution in [0.1, 0.15) is 0 Å². The molecule has 0 unspecified atom stereocenters. The first-order valence-corrected chi connectivity index (χ1v) is 2.30. The maximum absolute atomic E-state index is 8.77. The van der Waals surface area contributed by atoms with Crippen molar-refractivity contribution in [3.05, 3.63) is 0 Å². The maximum atomic E-state index is 8.77. The van der Waals surface area contributed by atoms with Gasteiger partial charge in [-0.05, 0) is 0 Å². The van der Waals surface area contributed by atoms with Crippen LogP contribution in [0.4, 0.5) is 4.70 Å². The molecule has 0 rings (SSSR count). The Balaban J connectivity index is -0.0000000267. The number of phosphoric acid groups is 1. The molecule has 0 atom stereocenters. The van der Waals surface area contributed by atoms with E-state index in [4.69, 9.17) is 19.2 Å². The van der Waals surface area contributed by atoms with Gasteiger partial charge in [0.1, 0.15) is 0 Å². The average Bonchev–Trinajstić information content (AvgIpc) is 0.722. The summed E-state index contributed by atoms with van der Waals surface area (Å²) in [6.45, 7) is 0. The number of hydrogen-bond donors (Lipinski definition) is 2. The molecule has 0 heterocycles. The zero-order valence-corrected chi connectivity index (χ0v) is 4.96. The van der Waals surface area contributed by atoms with Crippen LogP contribution in [0.5, 0.6) is 0 Å². The number of rotatable bonds is 0. The third-order valence-corrected chi connectivity index (χ3v) is 0. The second-order valence-corrected chi connectivity index (χ2v) is 1.47. The summed E-state index contributed by atoms with van der Waals surface area (Å²) >= 11 is 0. The summed E-state index contributed by atoms with van der Waals surface area (Å²) in [6.07, 6.45) is 0. The molecule has 0 aromatic rings. The molecular formula is H5FLiO5P. The number of hydrogen-bond acceptors (Lipinski definition) is 2. The largest absolute Gasteiger partial charge is 1.00 e. The van der Waals surface area contributed by atoms with Gasteiger partial charge in [0.25, 0.3) is 7.82 Å². The zero-order valence-electron chi connectivity index (χ0n) is 4.07. The summed E-state index contributed by atoms with van der Waals surface area (Å²) in [7, 11) is -4.89. The van der Waals surface area contributed by atoms with E-state index in [2.05, 4.69) is 0 Å². The van der Waals surface area contributed by atoms with Gasteiger partial charge in [-0.3, -0.25) is 9.27 Å². The first kappa shape index (κ1) is 23.5. The fraction of sp³-hybridized carbons (Fsp3) is 0. The summed E-state index contributed by atoms with van der Waals surface area (Å²) in [5, 5.41) is 0. The second-order valence-electron chi connectivity index (χ2n) is 0.491. The standard InChI is InChI=1S/FH.Li.H3O4P.H2O/c;;1-5(2,3)4;/h1H;;(H3,1,2,3,4);1H2/q;+1;;/p-1. The van der Waals surface area contributed by atoms with E-state index in [0.717, 1.165) is 0 Å². The minimum Gasteiger partial charge on any atom is -0.756 e. The minimum absolute atomic E-state index is 0. The van der Waals surface area contributed by atoms with Crippen molar-refractivity contribution in [2.75, 3.05) is 0 Å². The van der Waals surface area contributed by atoms with E-state index < -0.39 is 7.82 Å². The monoisotopic (exact) mass is 142 g/mol. The smallest absolute Gasteiger partial charge is 0.756 e. The van der Waals surface area contributed by atoms with Crippen LogP contribution >= 0.6 is 7.82 Å². The molecule has 0 aliphatic carbocycles. The maximum Gasteiger partial charge on any atom is 1.00 e. The molecule has 0 aromatic carbocycles. The molecule has 0 spiro atoms. The molecule has 0 aliphatic rings. The van der Waals surface area contributed by atoms with Crippen LogP contribution in [-0.4, -0.2) is 15.3 Å². The molecule has 0 aromatic heterocycles. The Labute approximate surface area is 56.8 Å². The summed E-state index contributed by atoms with van der Waals surface area (Å²) < 4.78 is 8.77. The van der Waals surface area contributed by atoms with Crippen molar-refractivity contribution in [3.8, 4) is 0 Å². The summed E-state index contributed by atoms with van der Waals surface area (Å²) in [6, 6.07) is 0. The summed E-state index contributed by atoms with van der Waals surface area (Å²) in [5.41, 5.74) is 0. The Bertz CT molecular complexity index is 58.6. The van der Waals surface area contributed by atoms with Gasteiger partial charge in [-0.2, -0.15) is 0 Å². The van der Waals surface area contributed by atoms with Crippen molar-refractivity contribution in [2.24, 2.45) is 0 Å². The molecule has 48 valence electrons. The average molecular weight is 142 g/mol. The predicted octanol–water partition coefficient (Wildman–Crippen LogP) is -5.23. The molecule has 0 amide bonds. The molecule has 0 aliphatic heterocycles. The Morgan fingerprint density at radius 1 is 1.38 bits per heavy atom. The Morgan fingerprint density at radius 2 is 1.38 bits per heavy atom. The van der Waals surface area contributed by atoms with Crippen LogP contribution in [0.2, 0.25) is 0 Å². The van der Waals surface area contributed by atoms with Gasteiger partial charge >= 0.3 is 18.9 Å². The van der Waals surface area contributed by atoms with E-state index in [1.165, 1.54) is 0 Å². The summed E-state index contributed by atoms with van der Waals surface area (Å²) in [4.78, 5) is 22.9. The topological polar surface area (TPSA) is 112 Å². The van der Waals surface area contributed by atoms with Gasteiger partial charge in [0.2, 0.25) is 0 Å². The van der Waals surface area contributed by atoms with Crippen molar-refractivity contribution < 1.29 is 48.3 Å². The quantitative estimate of drug-likeness (QED) is 0.260. The molecule has 4 N–H and O–H groups in total. The molecule has 0 saturated heterocycles. The van der Waals surface area contributed by atoms with Gasteiger partial charge < -0.3 is 20.2 Å². The van der Waals surface area contributed by atoms with Gasteiger partial charge in [0.05, 0.1) is 0 Å². The molecule has 5 nitrogen and oxygen atoms in total. The van der Waals surface area contributed by atoms with Gasteiger partial charge in [-0.25, -0.2) is 0 Å². The summed E-state index contributed by atoms with van der Waals surface area (Å²) in [5.74, 6) is 0. The normalized spacial score (nSPS) is 7.38. The fourth-order valence-electron chi connectivity index (χ4n) is 0. The second kappa shape index (κ2) is 7.60. The van der Waals surface area contributed by atoms with E-state index in [0.29, 0.717) is 0 Å². The van der Waals surface area contributed by atoms with Crippen LogP contribution in [0, 0.1) is 0 Å². The van der Waals surface area contributed by atoms with E-state index in [9.17, 15) is 0 Å². The van der Waals surface area contributed by atoms with Gasteiger partial charge in [0, 0.05) is 0 Å². The zero-order chi connectivity index (χ0) is 4.50. The van der Waals surface area contributed by atoms with E-state index in [1.54, 1.807) is 0 Å². The molecule has 0 saturated carbocycles. The van der Waals surface area contributed by atoms with Crippen molar-refractivity contribution in [3.63, 3.8) is 0 Å². The van der Waals surface area contributed by atoms with Crippen LogP contribution in [0.25, 0.3) is 0 Å². The van der Waals surface area contributed by atoms with E-state index >= 15 is 0 Å². The van der Waals surface area contributed by atoms with Crippen LogP contribution in [0.15, 0.2) is 0 Å². The first-order valence-electron chi connectivity index (χ1n) is 0.765. The minimum atomic E-state index is -4.89. The van der Waals surface area contributed by atoms with Crippen molar-refractivity contribution in [1.82, 2.24) is 0 Å². The van der Waals surface area contributed by atoms with E-state index in [-0.39, 0.29) is 29.0 Å². The van der Waals surface area contributed by atoms with Gasteiger partial charge in [0.15, 0.2) is 0 Å². The van der Waals surface area contributed by atoms with Crippen LogP contribution < -0.4 is 23.8 Å². The van der Waals surface area contributed by atoms with Crippen molar-refractivity contribution >= 4 is 7.82 Å². The third kappa shape index (κ3) is 579. The third-order valence-electron chi connectivity index (χ3n) is 0. The van der Waals surface area contributed by atoms with E-state index in [1.807, 2.05) is 0 Å². The fourth-order valence-corrected chi connectivity index (χ4v) is 0. The first-order chi connectivity index (χ1) is 2.00. The van der Waals surface area contributed by atoms with Crippen molar-refractivity contribution in [2.45, 2.75) is 0 Å².